The van der Waals surface area contributed by atoms with Crippen molar-refractivity contribution in [3.63, 3.8) is 0 Å². The van der Waals surface area contributed by atoms with E-state index >= 15 is 0 Å². The number of fused-ring (bicyclic) bond motifs is 3. The number of carboxylic acid groups (broad SMARTS) is 1. The first kappa shape index (κ1) is 25.4. The maximum Gasteiger partial charge on any atom is 0.337 e. The third-order valence-electron chi connectivity index (χ3n) is 5.89. The summed E-state index contributed by atoms with van der Waals surface area (Å²) in [6, 6.07) is 14.7. The average molecular weight is 469 g/mol. The Hall–Kier alpha value is -3.23. The number of aliphatic carboxylic acids is 1. The second-order valence-corrected chi connectivity index (χ2v) is 9.63. The van der Waals surface area contributed by atoms with Gasteiger partial charge in [0.05, 0.1) is 0 Å². The molecular weight excluding hydrogens is 436 g/mol. The minimum absolute atomic E-state index is 0.0312. The van der Waals surface area contributed by atoms with Gasteiger partial charge in [-0.25, -0.2) is 9.59 Å². The van der Waals surface area contributed by atoms with Gasteiger partial charge < -0.3 is 26.0 Å². The number of carboxylic acids is 1. The highest BCUT2D eigenvalue weighted by Gasteiger charge is 2.44. The molecule has 0 saturated heterocycles. The van der Waals surface area contributed by atoms with Gasteiger partial charge in [0.25, 0.3) is 0 Å². The summed E-state index contributed by atoms with van der Waals surface area (Å²) in [7, 11) is 0. The second kappa shape index (κ2) is 9.95. The van der Waals surface area contributed by atoms with E-state index in [1.807, 2.05) is 48.5 Å². The third kappa shape index (κ3) is 5.46. The Balaban J connectivity index is 1.64. The van der Waals surface area contributed by atoms with Crippen LogP contribution in [0.1, 0.15) is 57.1 Å². The largest absolute Gasteiger partial charge is 0.479 e. The monoisotopic (exact) mass is 468 g/mol. The third-order valence-corrected chi connectivity index (χ3v) is 5.89. The van der Waals surface area contributed by atoms with Crippen molar-refractivity contribution in [2.75, 3.05) is 6.61 Å². The van der Waals surface area contributed by atoms with Gasteiger partial charge >= 0.3 is 17.9 Å². The molecule has 8 nitrogen and oxygen atoms in total. The van der Waals surface area contributed by atoms with Gasteiger partial charge in [-0.1, -0.05) is 48.5 Å². The van der Waals surface area contributed by atoms with Crippen LogP contribution in [0.15, 0.2) is 48.5 Å². The molecule has 0 fully saturated rings. The van der Waals surface area contributed by atoms with Crippen LogP contribution in [0, 0.1) is 0 Å². The summed E-state index contributed by atoms with van der Waals surface area (Å²) < 4.78 is 10.7. The van der Waals surface area contributed by atoms with Crippen LogP contribution in [-0.2, 0) is 23.9 Å². The number of benzene rings is 2. The smallest absolute Gasteiger partial charge is 0.337 e. The molecule has 0 radical (unpaired) electrons. The van der Waals surface area contributed by atoms with E-state index in [0.29, 0.717) is 0 Å². The number of ether oxygens (including phenoxy) is 2. The van der Waals surface area contributed by atoms with Gasteiger partial charge in [-0.05, 0) is 62.3 Å². The maximum atomic E-state index is 12.8. The number of rotatable bonds is 9. The average Bonchev–Trinajstić information content (AvgIpc) is 3.09. The molecule has 5 N–H and O–H groups in total. The molecule has 0 saturated carbocycles. The molecule has 0 amide bonds. The lowest BCUT2D eigenvalue weighted by molar-refractivity contribution is -0.161. The van der Waals surface area contributed by atoms with Crippen LogP contribution >= 0.6 is 0 Å². The standard InChI is InChI=1S/C26H32N2O6/c1-25(2,3)34-22(29)21(27)13-8-14-26(28,23(30)31)24(32)33-15-20-18-11-6-4-9-16(18)17-10-5-7-12-19(17)20/h4-7,9-12,20-21H,8,13-15,27-28H2,1-3H3,(H,30,31)/t21?,26-/m0/s1. The van der Waals surface area contributed by atoms with Gasteiger partial charge in [-0.3, -0.25) is 4.79 Å². The Labute approximate surface area is 199 Å². The first-order valence-electron chi connectivity index (χ1n) is 11.3. The highest BCUT2D eigenvalue weighted by molar-refractivity contribution is 6.03. The summed E-state index contributed by atoms with van der Waals surface area (Å²) in [5.74, 6) is -3.31. The van der Waals surface area contributed by atoms with Crippen LogP contribution in [-0.4, -0.2) is 46.8 Å². The van der Waals surface area contributed by atoms with E-state index in [4.69, 9.17) is 20.9 Å². The molecule has 8 heteroatoms. The zero-order valence-corrected chi connectivity index (χ0v) is 19.7. The van der Waals surface area contributed by atoms with Crippen LogP contribution in [0.25, 0.3) is 11.1 Å². The number of carbonyl (C=O) groups is 3. The van der Waals surface area contributed by atoms with Crippen LogP contribution in [0.3, 0.4) is 0 Å². The first-order valence-corrected chi connectivity index (χ1v) is 11.3. The predicted molar refractivity (Wildman–Crippen MR) is 127 cm³/mol. The molecule has 0 bridgehead atoms. The summed E-state index contributed by atoms with van der Waals surface area (Å²) in [6.45, 7) is 5.15. The summed E-state index contributed by atoms with van der Waals surface area (Å²) in [6.07, 6.45) is 0.0285. The number of carbonyl (C=O) groups excluding carboxylic acids is 2. The Bertz CT molecular complexity index is 1030. The van der Waals surface area contributed by atoms with Crippen LogP contribution in [0.2, 0.25) is 0 Å². The molecule has 2 atom stereocenters. The highest BCUT2D eigenvalue weighted by Crippen LogP contribution is 2.44. The number of hydrogen-bond donors (Lipinski definition) is 3. The fraction of sp³-hybridized carbons (Fsp3) is 0.423. The molecule has 0 aromatic heterocycles. The molecular formula is C26H32N2O6. The summed E-state index contributed by atoms with van der Waals surface area (Å²) >= 11 is 0. The minimum atomic E-state index is -2.24. The molecule has 3 rings (SSSR count). The molecule has 1 unspecified atom stereocenters. The molecule has 2 aromatic rings. The minimum Gasteiger partial charge on any atom is -0.479 e. The van der Waals surface area contributed by atoms with Gasteiger partial charge in [0, 0.05) is 5.92 Å². The number of esters is 2. The van der Waals surface area contributed by atoms with Crippen LogP contribution < -0.4 is 11.5 Å². The van der Waals surface area contributed by atoms with E-state index in [0.717, 1.165) is 22.3 Å². The number of hydrogen-bond acceptors (Lipinski definition) is 7. The summed E-state index contributed by atoms with van der Waals surface area (Å²) in [4.78, 5) is 36.8. The number of nitrogens with two attached hydrogens (primary N) is 2. The van der Waals surface area contributed by atoms with Gasteiger partial charge in [0.15, 0.2) is 0 Å². The van der Waals surface area contributed by atoms with Crippen LogP contribution in [0.4, 0.5) is 0 Å². The maximum absolute atomic E-state index is 12.8. The Morgan fingerprint density at radius 2 is 1.53 bits per heavy atom. The van der Waals surface area contributed by atoms with Crippen molar-refractivity contribution in [2.24, 2.45) is 11.5 Å². The zero-order chi connectivity index (χ0) is 25.1. The molecule has 2 aromatic carbocycles. The highest BCUT2D eigenvalue weighted by atomic mass is 16.6. The van der Waals surface area contributed by atoms with Gasteiger partial charge in [-0.15, -0.1) is 0 Å². The molecule has 34 heavy (non-hydrogen) atoms. The fourth-order valence-corrected chi connectivity index (χ4v) is 4.12. The molecule has 1 aliphatic carbocycles. The quantitative estimate of drug-likeness (QED) is 0.377. The fourth-order valence-electron chi connectivity index (χ4n) is 4.12. The second-order valence-electron chi connectivity index (χ2n) is 9.63. The van der Waals surface area contributed by atoms with E-state index in [1.54, 1.807) is 20.8 Å². The van der Waals surface area contributed by atoms with Gasteiger partial charge in [0.1, 0.15) is 18.2 Å². The van der Waals surface area contributed by atoms with E-state index in [2.05, 4.69) is 0 Å². The molecule has 0 heterocycles. The zero-order valence-electron chi connectivity index (χ0n) is 19.7. The Kier molecular flexibility index (Phi) is 7.43. The van der Waals surface area contributed by atoms with Crippen molar-refractivity contribution in [1.82, 2.24) is 0 Å². The molecule has 1 aliphatic rings. The van der Waals surface area contributed by atoms with E-state index in [1.165, 1.54) is 0 Å². The molecule has 182 valence electrons. The topological polar surface area (TPSA) is 142 Å². The van der Waals surface area contributed by atoms with Gasteiger partial charge in [-0.2, -0.15) is 0 Å². The van der Waals surface area contributed by atoms with Crippen molar-refractivity contribution in [3.8, 4) is 11.1 Å². The normalized spacial score (nSPS) is 15.6. The van der Waals surface area contributed by atoms with E-state index in [9.17, 15) is 19.5 Å². The lowest BCUT2D eigenvalue weighted by Crippen LogP contribution is -2.56. The first-order chi connectivity index (χ1) is 15.9. The Morgan fingerprint density at radius 1 is 1.00 bits per heavy atom. The summed E-state index contributed by atoms with van der Waals surface area (Å²) in [5.41, 5.74) is 13.1. The van der Waals surface area contributed by atoms with Crippen molar-refractivity contribution in [3.05, 3.63) is 59.7 Å². The predicted octanol–water partition coefficient (Wildman–Crippen LogP) is 2.96. The van der Waals surface area contributed by atoms with Crippen molar-refractivity contribution >= 4 is 17.9 Å². The van der Waals surface area contributed by atoms with Gasteiger partial charge in [0.2, 0.25) is 5.54 Å². The van der Waals surface area contributed by atoms with Crippen molar-refractivity contribution < 1.29 is 29.0 Å². The SMILES string of the molecule is CC(C)(C)OC(=O)C(N)CCC[C@](N)(C(=O)O)C(=O)OCC1c2ccccc2-c2ccccc21. The van der Waals surface area contributed by atoms with E-state index < -0.39 is 35.1 Å². The Morgan fingerprint density at radius 3 is 2.03 bits per heavy atom. The molecule has 0 spiro atoms. The molecule has 0 aliphatic heterocycles. The van der Waals surface area contributed by atoms with E-state index in [-0.39, 0.29) is 31.8 Å². The van der Waals surface area contributed by atoms with Crippen molar-refractivity contribution in [2.45, 2.75) is 63.1 Å². The van der Waals surface area contributed by atoms with Crippen molar-refractivity contribution in [1.29, 1.82) is 0 Å². The summed E-state index contributed by atoms with van der Waals surface area (Å²) in [5, 5.41) is 9.69. The van der Waals surface area contributed by atoms with Crippen LogP contribution in [0.5, 0.6) is 0 Å². The lowest BCUT2D eigenvalue weighted by Gasteiger charge is -2.25. The lowest BCUT2D eigenvalue weighted by atomic mass is 9.92.